The molecule has 1 heterocycles. The predicted octanol–water partition coefficient (Wildman–Crippen LogP) is 2.58. The van der Waals surface area contributed by atoms with E-state index in [1.165, 1.54) is 0 Å². The number of benzene rings is 1. The maximum Gasteiger partial charge on any atom is 0.315 e. The molecule has 0 unspecified atom stereocenters. The van der Waals surface area contributed by atoms with Crippen LogP contribution in [-0.4, -0.2) is 24.2 Å². The second kappa shape index (κ2) is 8.02. The van der Waals surface area contributed by atoms with Crippen molar-refractivity contribution in [3.8, 4) is 5.75 Å². The molecule has 1 aromatic heterocycles. The third-order valence-electron chi connectivity index (χ3n) is 3.19. The Morgan fingerprint density at radius 3 is 2.68 bits per heavy atom. The van der Waals surface area contributed by atoms with E-state index in [2.05, 4.69) is 15.6 Å². The van der Waals surface area contributed by atoms with Gasteiger partial charge in [0.05, 0.1) is 6.54 Å². The summed E-state index contributed by atoms with van der Waals surface area (Å²) in [6, 6.07) is 9.60. The van der Waals surface area contributed by atoms with Crippen molar-refractivity contribution in [3.63, 3.8) is 0 Å². The Labute approximate surface area is 130 Å². The highest BCUT2D eigenvalue weighted by atomic mass is 16.5. The van der Waals surface area contributed by atoms with Crippen LogP contribution in [0.2, 0.25) is 0 Å². The molecule has 0 saturated carbocycles. The van der Waals surface area contributed by atoms with Crippen molar-refractivity contribution in [2.24, 2.45) is 0 Å². The number of ether oxygens (including phenoxy) is 1. The highest BCUT2D eigenvalue weighted by molar-refractivity contribution is 5.73. The molecule has 0 atom stereocenters. The highest BCUT2D eigenvalue weighted by Gasteiger charge is 2.02. The Bertz CT molecular complexity index is 615. The lowest BCUT2D eigenvalue weighted by Gasteiger charge is -2.11. The van der Waals surface area contributed by atoms with Gasteiger partial charge in [0.15, 0.2) is 0 Å². The van der Waals surface area contributed by atoms with Crippen LogP contribution in [0.15, 0.2) is 42.7 Å². The molecule has 2 aromatic rings. The molecule has 0 spiro atoms. The first kappa shape index (κ1) is 15.8. The molecule has 1 aromatic carbocycles. The van der Waals surface area contributed by atoms with Gasteiger partial charge in [-0.1, -0.05) is 12.1 Å². The second-order valence-electron chi connectivity index (χ2n) is 5.08. The summed E-state index contributed by atoms with van der Waals surface area (Å²) in [6.07, 6.45) is 3.40. The number of amides is 2. The summed E-state index contributed by atoms with van der Waals surface area (Å²) in [5.41, 5.74) is 3.26. The molecule has 5 heteroatoms. The molecule has 0 bridgehead atoms. The van der Waals surface area contributed by atoms with Crippen LogP contribution in [-0.2, 0) is 6.54 Å². The molecule has 0 fully saturated rings. The van der Waals surface area contributed by atoms with Gasteiger partial charge in [-0.2, -0.15) is 0 Å². The van der Waals surface area contributed by atoms with Gasteiger partial charge in [-0.05, 0) is 48.7 Å². The first-order chi connectivity index (χ1) is 10.6. The molecule has 0 aliphatic carbocycles. The minimum absolute atomic E-state index is 0.207. The van der Waals surface area contributed by atoms with Gasteiger partial charge in [0.1, 0.15) is 12.4 Å². The van der Waals surface area contributed by atoms with E-state index in [0.717, 1.165) is 22.4 Å². The molecule has 0 radical (unpaired) electrons. The van der Waals surface area contributed by atoms with Crippen LogP contribution in [0.3, 0.4) is 0 Å². The summed E-state index contributed by atoms with van der Waals surface area (Å²) in [7, 11) is 0. The smallest absolute Gasteiger partial charge is 0.315 e. The second-order valence-corrected chi connectivity index (χ2v) is 5.08. The summed E-state index contributed by atoms with van der Waals surface area (Å²) in [5, 5.41) is 5.55. The van der Waals surface area contributed by atoms with Crippen molar-refractivity contribution in [3.05, 3.63) is 59.4 Å². The Hall–Kier alpha value is -2.56. The summed E-state index contributed by atoms with van der Waals surface area (Å²) in [6.45, 7) is 5.40. The largest absolute Gasteiger partial charge is 0.491 e. The van der Waals surface area contributed by atoms with Crippen LogP contribution in [0.1, 0.15) is 16.7 Å². The number of aryl methyl sites for hydroxylation is 2. The lowest BCUT2D eigenvalue weighted by Crippen LogP contribution is -2.37. The van der Waals surface area contributed by atoms with Gasteiger partial charge in [-0.25, -0.2) is 4.79 Å². The topological polar surface area (TPSA) is 63.2 Å². The van der Waals surface area contributed by atoms with Crippen LogP contribution in [0.4, 0.5) is 4.79 Å². The van der Waals surface area contributed by atoms with Crippen molar-refractivity contribution in [1.82, 2.24) is 15.6 Å². The summed E-state index contributed by atoms with van der Waals surface area (Å²) in [5.74, 6) is 0.860. The van der Waals surface area contributed by atoms with Crippen molar-refractivity contribution >= 4 is 6.03 Å². The van der Waals surface area contributed by atoms with E-state index in [9.17, 15) is 4.79 Å². The number of aromatic nitrogens is 1. The van der Waals surface area contributed by atoms with Gasteiger partial charge < -0.3 is 15.4 Å². The van der Waals surface area contributed by atoms with E-state index in [-0.39, 0.29) is 6.03 Å². The predicted molar refractivity (Wildman–Crippen MR) is 85.9 cm³/mol. The monoisotopic (exact) mass is 299 g/mol. The van der Waals surface area contributed by atoms with Gasteiger partial charge >= 0.3 is 6.03 Å². The van der Waals surface area contributed by atoms with Crippen LogP contribution >= 0.6 is 0 Å². The molecule has 0 aliphatic rings. The molecule has 0 aliphatic heterocycles. The zero-order chi connectivity index (χ0) is 15.8. The number of carbonyl (C=O) groups is 1. The molecular formula is C17H21N3O2. The van der Waals surface area contributed by atoms with Crippen molar-refractivity contribution in [2.75, 3.05) is 13.2 Å². The number of nitrogens with one attached hydrogen (secondary N) is 2. The van der Waals surface area contributed by atoms with Gasteiger partial charge in [0, 0.05) is 18.9 Å². The molecule has 2 amide bonds. The zero-order valence-electron chi connectivity index (χ0n) is 12.9. The SMILES string of the molecule is Cc1ccc(C)c(OCCNC(=O)NCc2ccncc2)c1. The number of pyridine rings is 1. The summed E-state index contributed by atoms with van der Waals surface area (Å²) >= 11 is 0. The normalized spacial score (nSPS) is 10.1. The highest BCUT2D eigenvalue weighted by Crippen LogP contribution is 2.18. The first-order valence-electron chi connectivity index (χ1n) is 7.26. The zero-order valence-corrected chi connectivity index (χ0v) is 12.9. The summed E-state index contributed by atoms with van der Waals surface area (Å²) in [4.78, 5) is 15.6. The van der Waals surface area contributed by atoms with E-state index in [1.807, 2.05) is 44.2 Å². The average molecular weight is 299 g/mol. The van der Waals surface area contributed by atoms with Crippen molar-refractivity contribution in [1.29, 1.82) is 0 Å². The average Bonchev–Trinajstić information content (AvgIpc) is 2.53. The summed E-state index contributed by atoms with van der Waals surface area (Å²) < 4.78 is 5.68. The van der Waals surface area contributed by atoms with E-state index >= 15 is 0 Å². The van der Waals surface area contributed by atoms with E-state index < -0.39 is 0 Å². The quantitative estimate of drug-likeness (QED) is 0.806. The molecule has 2 N–H and O–H groups in total. The van der Waals surface area contributed by atoms with Crippen LogP contribution in [0.5, 0.6) is 5.75 Å². The third kappa shape index (κ3) is 5.09. The third-order valence-corrected chi connectivity index (χ3v) is 3.19. The van der Waals surface area contributed by atoms with Crippen molar-refractivity contribution in [2.45, 2.75) is 20.4 Å². The van der Waals surface area contributed by atoms with Gasteiger partial charge in [0.25, 0.3) is 0 Å². The fraction of sp³-hybridized carbons (Fsp3) is 0.294. The first-order valence-corrected chi connectivity index (χ1v) is 7.26. The minimum atomic E-state index is -0.207. The molecular weight excluding hydrogens is 278 g/mol. The number of nitrogens with zero attached hydrogens (tertiary/aromatic N) is 1. The number of rotatable bonds is 6. The van der Waals surface area contributed by atoms with E-state index in [0.29, 0.717) is 19.7 Å². The number of hydrogen-bond acceptors (Lipinski definition) is 3. The molecule has 116 valence electrons. The van der Waals surface area contributed by atoms with Crippen LogP contribution in [0.25, 0.3) is 0 Å². The Kier molecular flexibility index (Phi) is 5.77. The molecule has 0 saturated heterocycles. The van der Waals surface area contributed by atoms with Gasteiger partial charge in [-0.3, -0.25) is 4.98 Å². The maximum atomic E-state index is 11.7. The lowest BCUT2D eigenvalue weighted by molar-refractivity contribution is 0.236. The molecule has 22 heavy (non-hydrogen) atoms. The van der Waals surface area contributed by atoms with Gasteiger partial charge in [0.2, 0.25) is 0 Å². The van der Waals surface area contributed by atoms with Gasteiger partial charge in [-0.15, -0.1) is 0 Å². The standard InChI is InChI=1S/C17H21N3O2/c1-13-3-4-14(2)16(11-13)22-10-9-19-17(21)20-12-15-5-7-18-8-6-15/h3-8,11H,9-10,12H2,1-2H3,(H2,19,20,21). The van der Waals surface area contributed by atoms with E-state index in [4.69, 9.17) is 4.74 Å². The minimum Gasteiger partial charge on any atom is -0.491 e. The molecule has 2 rings (SSSR count). The maximum absolute atomic E-state index is 11.7. The molecule has 5 nitrogen and oxygen atoms in total. The fourth-order valence-corrected chi connectivity index (χ4v) is 1.93. The number of hydrogen-bond donors (Lipinski definition) is 2. The Balaban J connectivity index is 1.66. The van der Waals surface area contributed by atoms with Crippen LogP contribution < -0.4 is 15.4 Å². The number of carbonyl (C=O) groups excluding carboxylic acids is 1. The lowest BCUT2D eigenvalue weighted by atomic mass is 10.1. The fourth-order valence-electron chi connectivity index (χ4n) is 1.93. The van der Waals surface area contributed by atoms with Crippen LogP contribution in [0, 0.1) is 13.8 Å². The Morgan fingerprint density at radius 2 is 1.91 bits per heavy atom. The Morgan fingerprint density at radius 1 is 1.14 bits per heavy atom. The number of urea groups is 1. The van der Waals surface area contributed by atoms with Crippen molar-refractivity contribution < 1.29 is 9.53 Å². The van der Waals surface area contributed by atoms with E-state index in [1.54, 1.807) is 12.4 Å².